The van der Waals surface area contributed by atoms with Gasteiger partial charge in [0.1, 0.15) is 11.6 Å². The first-order valence-corrected chi connectivity index (χ1v) is 11.1. The van der Waals surface area contributed by atoms with Crippen LogP contribution >= 0.6 is 0 Å². The minimum Gasteiger partial charge on any atom is -0.476 e. The van der Waals surface area contributed by atoms with Crippen LogP contribution in [0.5, 0.6) is 5.75 Å². The summed E-state index contributed by atoms with van der Waals surface area (Å²) in [6.45, 7) is 3.46. The van der Waals surface area contributed by atoms with Crippen molar-refractivity contribution in [2.24, 2.45) is 0 Å². The third-order valence-electron chi connectivity index (χ3n) is 5.02. The number of benzene rings is 3. The number of para-hydroxylation sites is 1. The van der Waals surface area contributed by atoms with Gasteiger partial charge >= 0.3 is 0 Å². The van der Waals surface area contributed by atoms with Crippen molar-refractivity contribution in [3.8, 4) is 5.75 Å². The average Bonchev–Trinajstić information content (AvgIpc) is 2.74. The monoisotopic (exact) mass is 440 g/mol. The quantitative estimate of drug-likeness (QED) is 0.665. The summed E-state index contributed by atoms with van der Waals surface area (Å²) in [7, 11) is -3.95. The van der Waals surface area contributed by atoms with E-state index in [1.54, 1.807) is 36.4 Å². The summed E-state index contributed by atoms with van der Waals surface area (Å²) in [5, 5.41) is 2.48. The van der Waals surface area contributed by atoms with Gasteiger partial charge in [0.15, 0.2) is 6.10 Å². The van der Waals surface area contributed by atoms with Crippen LogP contribution in [-0.2, 0) is 14.8 Å². The number of nitrogens with one attached hydrogen (secondary N) is 1. The number of fused-ring (bicyclic) bond motifs is 1. The Labute approximate surface area is 180 Å². The zero-order valence-corrected chi connectivity index (χ0v) is 17.8. The fourth-order valence-corrected chi connectivity index (χ4v) is 4.81. The molecule has 0 fully saturated rings. The molecule has 1 N–H and O–H groups in total. The molecule has 1 aliphatic heterocycles. The van der Waals surface area contributed by atoms with E-state index in [1.807, 2.05) is 13.8 Å². The number of halogens is 1. The SMILES string of the molecule is Cc1ccc(S(=O)(=O)N2C[C@H](C(=O)Nc3ccccc3F)Oc3cc(C)ccc32)cc1. The molecule has 0 radical (unpaired) electrons. The van der Waals surface area contributed by atoms with E-state index in [-0.39, 0.29) is 22.9 Å². The van der Waals surface area contributed by atoms with E-state index in [4.69, 9.17) is 4.74 Å². The van der Waals surface area contributed by atoms with Gasteiger partial charge in [-0.15, -0.1) is 0 Å². The molecule has 31 heavy (non-hydrogen) atoms. The van der Waals surface area contributed by atoms with Crippen LogP contribution in [0.4, 0.5) is 15.8 Å². The molecule has 0 saturated heterocycles. The van der Waals surface area contributed by atoms with Gasteiger partial charge in [-0.3, -0.25) is 9.10 Å². The normalized spacial score (nSPS) is 15.7. The Balaban J connectivity index is 1.71. The number of hydrogen-bond donors (Lipinski definition) is 1. The lowest BCUT2D eigenvalue weighted by molar-refractivity contribution is -0.122. The van der Waals surface area contributed by atoms with Gasteiger partial charge in [0.25, 0.3) is 15.9 Å². The lowest BCUT2D eigenvalue weighted by Crippen LogP contribution is -2.48. The first kappa shape index (κ1) is 20.9. The van der Waals surface area contributed by atoms with Crippen LogP contribution < -0.4 is 14.4 Å². The number of rotatable bonds is 4. The van der Waals surface area contributed by atoms with Crippen molar-refractivity contribution >= 4 is 27.3 Å². The van der Waals surface area contributed by atoms with Gasteiger partial charge in [-0.25, -0.2) is 12.8 Å². The summed E-state index contributed by atoms with van der Waals surface area (Å²) >= 11 is 0. The van der Waals surface area contributed by atoms with Gasteiger partial charge < -0.3 is 10.1 Å². The predicted octanol–water partition coefficient (Wildman–Crippen LogP) is 4.04. The highest BCUT2D eigenvalue weighted by Crippen LogP contribution is 2.38. The largest absolute Gasteiger partial charge is 0.476 e. The summed E-state index contributed by atoms with van der Waals surface area (Å²) < 4.78 is 47.8. The molecule has 0 saturated carbocycles. The zero-order valence-electron chi connectivity index (χ0n) is 17.0. The number of carbonyl (C=O) groups is 1. The number of ether oxygens (including phenoxy) is 1. The smallest absolute Gasteiger partial charge is 0.267 e. The molecule has 0 unspecified atom stereocenters. The fourth-order valence-electron chi connectivity index (χ4n) is 3.34. The van der Waals surface area contributed by atoms with Crippen molar-refractivity contribution < 1.29 is 22.3 Å². The molecule has 0 aromatic heterocycles. The van der Waals surface area contributed by atoms with E-state index >= 15 is 0 Å². The Kier molecular flexibility index (Phi) is 5.41. The first-order chi connectivity index (χ1) is 14.8. The maximum Gasteiger partial charge on any atom is 0.267 e. The van der Waals surface area contributed by atoms with Crippen LogP contribution in [0.25, 0.3) is 0 Å². The van der Waals surface area contributed by atoms with Gasteiger partial charge in [0.2, 0.25) is 0 Å². The van der Waals surface area contributed by atoms with Crippen molar-refractivity contribution in [3.63, 3.8) is 0 Å². The molecule has 1 atom stereocenters. The molecule has 0 spiro atoms. The Morgan fingerprint density at radius 2 is 1.71 bits per heavy atom. The minimum atomic E-state index is -3.95. The number of hydrogen-bond acceptors (Lipinski definition) is 4. The first-order valence-electron chi connectivity index (χ1n) is 9.68. The van der Waals surface area contributed by atoms with Gasteiger partial charge in [0, 0.05) is 0 Å². The standard InChI is InChI=1S/C23H21FN2O4S/c1-15-7-10-17(11-8-15)31(28,29)26-14-22(30-21-13-16(2)9-12-20(21)26)23(27)25-19-6-4-3-5-18(19)24/h3-13,22H,14H2,1-2H3,(H,25,27)/t22-/m1/s1. The maximum absolute atomic E-state index is 14.0. The van der Waals surface area contributed by atoms with Crippen LogP contribution in [0.15, 0.2) is 71.6 Å². The molecular weight excluding hydrogens is 419 g/mol. The molecule has 0 bridgehead atoms. The number of sulfonamides is 1. The molecule has 6 nitrogen and oxygen atoms in total. The van der Waals surface area contributed by atoms with Crippen molar-refractivity contribution in [1.29, 1.82) is 0 Å². The molecule has 3 aromatic rings. The van der Waals surface area contributed by atoms with Gasteiger partial charge in [0.05, 0.1) is 22.8 Å². The average molecular weight is 440 g/mol. The molecule has 8 heteroatoms. The van der Waals surface area contributed by atoms with Crippen molar-refractivity contribution in [1.82, 2.24) is 0 Å². The van der Waals surface area contributed by atoms with E-state index in [9.17, 15) is 17.6 Å². The van der Waals surface area contributed by atoms with Crippen molar-refractivity contribution in [2.75, 3.05) is 16.2 Å². The maximum atomic E-state index is 14.0. The Bertz CT molecular complexity index is 1240. The molecule has 1 amide bonds. The van der Waals surface area contributed by atoms with Gasteiger partial charge in [-0.2, -0.15) is 0 Å². The van der Waals surface area contributed by atoms with Gasteiger partial charge in [-0.05, 0) is 55.8 Å². The third kappa shape index (κ3) is 4.11. The molecule has 4 rings (SSSR count). The predicted molar refractivity (Wildman–Crippen MR) is 116 cm³/mol. The molecule has 160 valence electrons. The van der Waals surface area contributed by atoms with Crippen molar-refractivity contribution in [3.05, 3.63) is 83.7 Å². The molecule has 3 aromatic carbocycles. The summed E-state index contributed by atoms with van der Waals surface area (Å²) in [5.41, 5.74) is 2.13. The molecule has 1 heterocycles. The summed E-state index contributed by atoms with van der Waals surface area (Å²) in [5.74, 6) is -0.955. The van der Waals surface area contributed by atoms with E-state index in [2.05, 4.69) is 5.32 Å². The third-order valence-corrected chi connectivity index (χ3v) is 6.81. The summed E-state index contributed by atoms with van der Waals surface area (Å²) in [6, 6.07) is 17.3. The lowest BCUT2D eigenvalue weighted by atomic mass is 10.1. The number of carbonyl (C=O) groups excluding carboxylic acids is 1. The van der Waals surface area contributed by atoms with Crippen LogP contribution in [0.1, 0.15) is 11.1 Å². The highest BCUT2D eigenvalue weighted by molar-refractivity contribution is 7.92. The van der Waals surface area contributed by atoms with Gasteiger partial charge in [-0.1, -0.05) is 35.9 Å². The highest BCUT2D eigenvalue weighted by Gasteiger charge is 2.37. The fraction of sp³-hybridized carbons (Fsp3) is 0.174. The second-order valence-electron chi connectivity index (χ2n) is 7.40. The molecular formula is C23H21FN2O4S. The van der Waals surface area contributed by atoms with Crippen LogP contribution in [0.3, 0.4) is 0 Å². The lowest BCUT2D eigenvalue weighted by Gasteiger charge is -2.35. The van der Waals surface area contributed by atoms with E-state index in [0.29, 0.717) is 5.69 Å². The number of nitrogens with zero attached hydrogens (tertiary/aromatic N) is 1. The Hall–Kier alpha value is -3.39. The van der Waals surface area contributed by atoms with E-state index < -0.39 is 27.9 Å². The van der Waals surface area contributed by atoms with Crippen LogP contribution in [0.2, 0.25) is 0 Å². The topological polar surface area (TPSA) is 75.7 Å². The molecule has 1 aliphatic rings. The summed E-state index contributed by atoms with van der Waals surface area (Å²) in [4.78, 5) is 13.0. The minimum absolute atomic E-state index is 0.000851. The number of amides is 1. The van der Waals surface area contributed by atoms with Crippen molar-refractivity contribution in [2.45, 2.75) is 24.8 Å². The van der Waals surface area contributed by atoms with E-state index in [1.165, 1.54) is 34.6 Å². The van der Waals surface area contributed by atoms with E-state index in [0.717, 1.165) is 11.1 Å². The second kappa shape index (κ2) is 8.03. The summed E-state index contributed by atoms with van der Waals surface area (Å²) in [6.07, 6.45) is -1.16. The second-order valence-corrected chi connectivity index (χ2v) is 9.26. The Morgan fingerprint density at radius 1 is 1.03 bits per heavy atom. The number of anilines is 2. The zero-order chi connectivity index (χ0) is 22.2. The highest BCUT2D eigenvalue weighted by atomic mass is 32.2. The number of aryl methyl sites for hydroxylation is 2. The molecule has 0 aliphatic carbocycles. The Morgan fingerprint density at radius 3 is 2.42 bits per heavy atom. The van der Waals surface area contributed by atoms with Crippen LogP contribution in [0, 0.1) is 19.7 Å². The van der Waals surface area contributed by atoms with Crippen LogP contribution in [-0.4, -0.2) is 27.0 Å².